The number of nitrogens with one attached hydrogen (secondary N) is 1. The van der Waals surface area contributed by atoms with Gasteiger partial charge in [0.2, 0.25) is 10.0 Å². The number of hydrogen-bond donors (Lipinski definition) is 1. The Kier molecular flexibility index (Phi) is 7.64. The van der Waals surface area contributed by atoms with E-state index in [2.05, 4.69) is 10.3 Å². The fraction of sp³-hybridized carbons (Fsp3) is 0.556. The Labute approximate surface area is 167 Å². The monoisotopic (exact) mass is 411 g/mol. The molecule has 10 heteroatoms. The van der Waals surface area contributed by atoms with Crippen molar-refractivity contribution in [2.45, 2.75) is 18.4 Å². The normalized spacial score (nSPS) is 15.7. The number of rotatable bonds is 5. The number of guanidine groups is 1. The maximum atomic E-state index is 12.5. The summed E-state index contributed by atoms with van der Waals surface area (Å²) >= 11 is 0. The average Bonchev–Trinajstić information content (AvgIpc) is 2.69. The van der Waals surface area contributed by atoms with Crippen molar-refractivity contribution in [3.63, 3.8) is 0 Å². The quantitative estimate of drug-likeness (QED) is 0.569. The Hall–Kier alpha value is -2.33. The molecule has 1 aliphatic rings. The number of benzene rings is 1. The fourth-order valence-corrected chi connectivity index (χ4v) is 4.04. The lowest BCUT2D eigenvalue weighted by atomic mass is 10.2. The van der Waals surface area contributed by atoms with Crippen molar-refractivity contribution in [1.29, 1.82) is 0 Å². The summed E-state index contributed by atoms with van der Waals surface area (Å²) in [6, 6.07) is 6.92. The van der Waals surface area contributed by atoms with Crippen LogP contribution in [-0.2, 0) is 21.3 Å². The molecule has 1 amide bonds. The van der Waals surface area contributed by atoms with Crippen LogP contribution in [0.1, 0.15) is 12.5 Å². The molecule has 0 aliphatic carbocycles. The second-order valence-corrected chi connectivity index (χ2v) is 8.59. The van der Waals surface area contributed by atoms with Gasteiger partial charge in [-0.05, 0) is 18.6 Å². The van der Waals surface area contributed by atoms with E-state index < -0.39 is 10.0 Å². The van der Waals surface area contributed by atoms with Gasteiger partial charge < -0.3 is 19.9 Å². The molecule has 1 heterocycles. The molecule has 28 heavy (non-hydrogen) atoms. The standard InChI is InChI=1S/C18H29N5O4S/c1-5-27-18(24)23-12-10-22(11-13-23)17(19-2)20-14-15-8-6-7-9-16(15)28(25,26)21(3)4/h6-9H,5,10-14H2,1-4H3,(H,19,20). The van der Waals surface area contributed by atoms with E-state index in [4.69, 9.17) is 4.74 Å². The minimum atomic E-state index is -3.53. The molecule has 0 aromatic heterocycles. The van der Waals surface area contributed by atoms with E-state index in [1.807, 2.05) is 11.0 Å². The third-order valence-corrected chi connectivity index (χ3v) is 6.40. The Morgan fingerprint density at radius 2 is 1.79 bits per heavy atom. The van der Waals surface area contributed by atoms with E-state index in [1.165, 1.54) is 18.4 Å². The lowest BCUT2D eigenvalue weighted by molar-refractivity contribution is 0.0914. The van der Waals surface area contributed by atoms with Crippen molar-refractivity contribution in [2.24, 2.45) is 4.99 Å². The number of piperazine rings is 1. The zero-order valence-electron chi connectivity index (χ0n) is 16.9. The predicted molar refractivity (Wildman–Crippen MR) is 108 cm³/mol. The van der Waals surface area contributed by atoms with Crippen molar-refractivity contribution >= 4 is 22.1 Å². The summed E-state index contributed by atoms with van der Waals surface area (Å²) in [7, 11) is 1.19. The van der Waals surface area contributed by atoms with E-state index >= 15 is 0 Å². The largest absolute Gasteiger partial charge is 0.450 e. The molecule has 156 valence electrons. The number of ether oxygens (including phenoxy) is 1. The summed E-state index contributed by atoms with van der Waals surface area (Å²) in [5.41, 5.74) is 0.669. The van der Waals surface area contributed by atoms with E-state index in [0.717, 1.165) is 0 Å². The highest BCUT2D eigenvalue weighted by atomic mass is 32.2. The molecule has 1 aromatic rings. The molecular formula is C18H29N5O4S. The van der Waals surface area contributed by atoms with Crippen LogP contribution in [0.3, 0.4) is 0 Å². The lowest BCUT2D eigenvalue weighted by Gasteiger charge is -2.35. The van der Waals surface area contributed by atoms with Gasteiger partial charge in [-0.2, -0.15) is 0 Å². The van der Waals surface area contributed by atoms with Crippen LogP contribution in [0, 0.1) is 0 Å². The molecule has 0 spiro atoms. The van der Waals surface area contributed by atoms with Gasteiger partial charge in [-0.15, -0.1) is 0 Å². The van der Waals surface area contributed by atoms with Crippen molar-refractivity contribution in [3.05, 3.63) is 29.8 Å². The number of aliphatic imine (C=N–C) groups is 1. The SMILES string of the molecule is CCOC(=O)N1CCN(C(=NC)NCc2ccccc2S(=O)(=O)N(C)C)CC1. The third-order valence-electron chi connectivity index (χ3n) is 4.49. The molecule has 0 unspecified atom stereocenters. The minimum Gasteiger partial charge on any atom is -0.450 e. The molecule has 0 radical (unpaired) electrons. The molecule has 1 N–H and O–H groups in total. The van der Waals surface area contributed by atoms with Crippen LogP contribution in [0.25, 0.3) is 0 Å². The summed E-state index contributed by atoms with van der Waals surface area (Å²) in [4.78, 5) is 20.1. The molecule has 9 nitrogen and oxygen atoms in total. The Bertz CT molecular complexity index is 802. The van der Waals surface area contributed by atoms with E-state index in [1.54, 1.807) is 37.1 Å². The van der Waals surface area contributed by atoms with Gasteiger partial charge in [0.25, 0.3) is 0 Å². The second-order valence-electron chi connectivity index (χ2n) is 6.47. The smallest absolute Gasteiger partial charge is 0.409 e. The summed E-state index contributed by atoms with van der Waals surface area (Å²) in [6.45, 7) is 4.81. The zero-order chi connectivity index (χ0) is 20.7. The van der Waals surface area contributed by atoms with E-state index in [0.29, 0.717) is 50.9 Å². The molecule has 0 atom stereocenters. The van der Waals surface area contributed by atoms with Crippen LogP contribution >= 0.6 is 0 Å². The van der Waals surface area contributed by atoms with Gasteiger partial charge in [-0.3, -0.25) is 4.99 Å². The van der Waals surface area contributed by atoms with Crippen molar-refractivity contribution in [2.75, 3.05) is 53.9 Å². The first-order valence-electron chi connectivity index (χ1n) is 9.19. The van der Waals surface area contributed by atoms with E-state index in [9.17, 15) is 13.2 Å². The highest BCUT2D eigenvalue weighted by molar-refractivity contribution is 7.89. The molecule has 0 bridgehead atoms. The van der Waals surface area contributed by atoms with Crippen LogP contribution in [0.15, 0.2) is 34.2 Å². The summed E-state index contributed by atoms with van der Waals surface area (Å²) in [6.07, 6.45) is -0.298. The van der Waals surface area contributed by atoms with Gasteiger partial charge in [-0.25, -0.2) is 17.5 Å². The Morgan fingerprint density at radius 3 is 2.36 bits per heavy atom. The molecule has 0 saturated carbocycles. The number of nitrogens with zero attached hydrogens (tertiary/aromatic N) is 4. The van der Waals surface area contributed by atoms with Crippen LogP contribution in [0.2, 0.25) is 0 Å². The van der Waals surface area contributed by atoms with Crippen LogP contribution < -0.4 is 5.32 Å². The fourth-order valence-electron chi connectivity index (χ4n) is 2.92. The zero-order valence-corrected chi connectivity index (χ0v) is 17.7. The van der Waals surface area contributed by atoms with Crippen LogP contribution in [0.5, 0.6) is 0 Å². The van der Waals surface area contributed by atoms with Crippen molar-refractivity contribution < 1.29 is 17.9 Å². The summed E-state index contributed by atoms with van der Waals surface area (Å²) in [5.74, 6) is 0.667. The van der Waals surface area contributed by atoms with Crippen molar-refractivity contribution in [3.8, 4) is 0 Å². The molecule has 2 rings (SSSR count). The van der Waals surface area contributed by atoms with Crippen molar-refractivity contribution in [1.82, 2.24) is 19.4 Å². The topological polar surface area (TPSA) is 94.5 Å². The highest BCUT2D eigenvalue weighted by Gasteiger charge is 2.24. The minimum absolute atomic E-state index is 0.273. The van der Waals surface area contributed by atoms with Gasteiger partial charge in [0.05, 0.1) is 11.5 Å². The summed E-state index contributed by atoms with van der Waals surface area (Å²) < 4.78 is 31.3. The Morgan fingerprint density at radius 1 is 1.18 bits per heavy atom. The average molecular weight is 412 g/mol. The molecule has 1 aliphatic heterocycles. The Balaban J connectivity index is 2.02. The van der Waals surface area contributed by atoms with E-state index in [-0.39, 0.29) is 11.0 Å². The second kappa shape index (κ2) is 9.74. The van der Waals surface area contributed by atoms with Gasteiger partial charge in [0.15, 0.2) is 5.96 Å². The van der Waals surface area contributed by atoms with Gasteiger partial charge in [-0.1, -0.05) is 18.2 Å². The molecule has 1 aromatic carbocycles. The first-order chi connectivity index (χ1) is 13.3. The lowest BCUT2D eigenvalue weighted by Crippen LogP contribution is -2.53. The highest BCUT2D eigenvalue weighted by Crippen LogP contribution is 2.18. The third kappa shape index (κ3) is 5.14. The molecular weight excluding hydrogens is 382 g/mol. The number of sulfonamides is 1. The van der Waals surface area contributed by atoms with Gasteiger partial charge in [0, 0.05) is 53.9 Å². The van der Waals surface area contributed by atoms with Crippen LogP contribution in [0.4, 0.5) is 4.79 Å². The first kappa shape index (κ1) is 22.0. The number of hydrogen-bond acceptors (Lipinski definition) is 5. The van der Waals surface area contributed by atoms with Gasteiger partial charge >= 0.3 is 6.09 Å². The number of carbonyl (C=O) groups excluding carboxylic acids is 1. The van der Waals surface area contributed by atoms with Gasteiger partial charge in [0.1, 0.15) is 0 Å². The summed E-state index contributed by atoms with van der Waals surface area (Å²) in [5, 5.41) is 3.23. The number of carbonyl (C=O) groups is 1. The maximum absolute atomic E-state index is 12.5. The van der Waals surface area contributed by atoms with Crippen LogP contribution in [-0.4, -0.2) is 88.5 Å². The predicted octanol–water partition coefficient (Wildman–Crippen LogP) is 0.786. The maximum Gasteiger partial charge on any atom is 0.409 e. The molecule has 1 saturated heterocycles. The molecule has 1 fully saturated rings. The number of amides is 1. The first-order valence-corrected chi connectivity index (χ1v) is 10.6.